The molecule has 0 bridgehead atoms. The van der Waals surface area contributed by atoms with Gasteiger partial charge in [0.25, 0.3) is 0 Å². The number of nitrogens with one attached hydrogen (secondary N) is 1. The lowest BCUT2D eigenvalue weighted by Crippen LogP contribution is -2.50. The Kier molecular flexibility index (Phi) is 5.53. The van der Waals surface area contributed by atoms with Crippen molar-refractivity contribution < 1.29 is 18.7 Å². The Morgan fingerprint density at radius 3 is 2.68 bits per heavy atom. The monoisotopic (exact) mass is 349 g/mol. The molecule has 0 aliphatic carbocycles. The van der Waals surface area contributed by atoms with E-state index in [4.69, 9.17) is 4.74 Å². The van der Waals surface area contributed by atoms with Gasteiger partial charge in [0.1, 0.15) is 5.82 Å². The number of likely N-dealkylation sites (tertiary alicyclic amines) is 1. The highest BCUT2D eigenvalue weighted by atomic mass is 19.1. The minimum Gasteiger partial charge on any atom is -0.378 e. The Bertz CT molecular complexity index is 646. The van der Waals surface area contributed by atoms with Crippen molar-refractivity contribution in [3.8, 4) is 0 Å². The van der Waals surface area contributed by atoms with Gasteiger partial charge in [0.05, 0.1) is 19.1 Å². The molecule has 1 unspecified atom stereocenters. The van der Waals surface area contributed by atoms with E-state index in [0.29, 0.717) is 50.6 Å². The molecule has 0 radical (unpaired) electrons. The summed E-state index contributed by atoms with van der Waals surface area (Å²) < 4.78 is 18.9. The van der Waals surface area contributed by atoms with Crippen LogP contribution in [0.15, 0.2) is 18.2 Å². The van der Waals surface area contributed by atoms with Crippen molar-refractivity contribution in [1.29, 1.82) is 0 Å². The van der Waals surface area contributed by atoms with Gasteiger partial charge in [0.15, 0.2) is 0 Å². The Hall–Kier alpha value is -2.15. The third-order valence-electron chi connectivity index (χ3n) is 4.80. The molecule has 7 heteroatoms. The van der Waals surface area contributed by atoms with Crippen LogP contribution >= 0.6 is 0 Å². The standard InChI is InChI=1S/C18H24FN3O3/c1-13-4-5-15(11-16(13)19)20-18(24)22-6-2-3-14(12-22)17(23)21-7-9-25-10-8-21/h4-5,11,14H,2-3,6-10,12H2,1H3,(H,20,24). The second-order valence-corrected chi connectivity index (χ2v) is 6.62. The number of morpholine rings is 1. The molecule has 3 amide bonds. The van der Waals surface area contributed by atoms with Crippen LogP contribution in [0.5, 0.6) is 0 Å². The van der Waals surface area contributed by atoms with E-state index in [1.54, 1.807) is 24.0 Å². The number of urea groups is 1. The lowest BCUT2D eigenvalue weighted by Gasteiger charge is -2.36. The lowest BCUT2D eigenvalue weighted by atomic mass is 9.96. The second-order valence-electron chi connectivity index (χ2n) is 6.62. The average molecular weight is 349 g/mol. The fourth-order valence-electron chi connectivity index (χ4n) is 3.28. The van der Waals surface area contributed by atoms with Crippen molar-refractivity contribution in [2.75, 3.05) is 44.7 Å². The maximum atomic E-state index is 13.6. The zero-order valence-corrected chi connectivity index (χ0v) is 14.5. The van der Waals surface area contributed by atoms with Gasteiger partial charge in [-0.25, -0.2) is 9.18 Å². The van der Waals surface area contributed by atoms with Crippen LogP contribution in [0, 0.1) is 18.7 Å². The quantitative estimate of drug-likeness (QED) is 0.891. The van der Waals surface area contributed by atoms with Gasteiger partial charge >= 0.3 is 6.03 Å². The molecule has 1 aromatic carbocycles. The predicted octanol–water partition coefficient (Wildman–Crippen LogP) is 2.24. The van der Waals surface area contributed by atoms with Crippen molar-refractivity contribution in [1.82, 2.24) is 9.80 Å². The highest BCUT2D eigenvalue weighted by molar-refractivity contribution is 5.90. The summed E-state index contributed by atoms with van der Waals surface area (Å²) in [7, 11) is 0. The van der Waals surface area contributed by atoms with Crippen LogP contribution in [0.4, 0.5) is 14.9 Å². The number of hydrogen-bond donors (Lipinski definition) is 1. The van der Waals surface area contributed by atoms with Gasteiger partial charge in [0.2, 0.25) is 5.91 Å². The summed E-state index contributed by atoms with van der Waals surface area (Å²) in [5.74, 6) is -0.425. The first-order valence-corrected chi connectivity index (χ1v) is 8.73. The van der Waals surface area contributed by atoms with E-state index in [2.05, 4.69) is 5.32 Å². The van der Waals surface area contributed by atoms with Gasteiger partial charge < -0.3 is 19.9 Å². The van der Waals surface area contributed by atoms with Crippen LogP contribution in [0.1, 0.15) is 18.4 Å². The van der Waals surface area contributed by atoms with Crippen LogP contribution in [0.25, 0.3) is 0 Å². The molecular formula is C18H24FN3O3. The average Bonchev–Trinajstić information content (AvgIpc) is 2.65. The summed E-state index contributed by atoms with van der Waals surface area (Å²) in [5, 5.41) is 2.72. The molecule has 2 saturated heterocycles. The van der Waals surface area contributed by atoms with Crippen molar-refractivity contribution >= 4 is 17.6 Å². The number of carbonyl (C=O) groups is 2. The maximum absolute atomic E-state index is 13.6. The van der Waals surface area contributed by atoms with Gasteiger partial charge in [-0.2, -0.15) is 0 Å². The first kappa shape index (κ1) is 17.7. The molecule has 2 aliphatic rings. The third kappa shape index (κ3) is 4.28. The number of anilines is 1. The molecule has 0 aromatic heterocycles. The van der Waals surface area contributed by atoms with Gasteiger partial charge in [0, 0.05) is 31.9 Å². The van der Waals surface area contributed by atoms with E-state index in [9.17, 15) is 14.0 Å². The lowest BCUT2D eigenvalue weighted by molar-refractivity contribution is -0.141. The summed E-state index contributed by atoms with van der Waals surface area (Å²) >= 11 is 0. The molecule has 25 heavy (non-hydrogen) atoms. The topological polar surface area (TPSA) is 61.9 Å². The van der Waals surface area contributed by atoms with E-state index in [1.165, 1.54) is 6.07 Å². The minimum absolute atomic E-state index is 0.0992. The first-order valence-electron chi connectivity index (χ1n) is 8.73. The van der Waals surface area contributed by atoms with Crippen LogP contribution in [-0.2, 0) is 9.53 Å². The number of nitrogens with zero attached hydrogens (tertiary/aromatic N) is 2. The molecule has 0 saturated carbocycles. The second kappa shape index (κ2) is 7.82. The molecule has 2 heterocycles. The summed E-state index contributed by atoms with van der Waals surface area (Å²) in [5.41, 5.74) is 0.960. The molecule has 1 aromatic rings. The van der Waals surface area contributed by atoms with E-state index >= 15 is 0 Å². The van der Waals surface area contributed by atoms with Gasteiger partial charge in [-0.1, -0.05) is 6.07 Å². The van der Waals surface area contributed by atoms with Crippen molar-refractivity contribution in [2.24, 2.45) is 5.92 Å². The van der Waals surface area contributed by atoms with Gasteiger partial charge in [-0.05, 0) is 37.5 Å². The predicted molar refractivity (Wildman–Crippen MR) is 91.9 cm³/mol. The smallest absolute Gasteiger partial charge is 0.321 e. The number of piperidine rings is 1. The molecule has 3 rings (SSSR count). The zero-order valence-electron chi connectivity index (χ0n) is 14.5. The van der Waals surface area contributed by atoms with Crippen LogP contribution in [0.2, 0.25) is 0 Å². The van der Waals surface area contributed by atoms with E-state index in [0.717, 1.165) is 12.8 Å². The molecule has 2 aliphatic heterocycles. The van der Waals surface area contributed by atoms with Crippen molar-refractivity contribution in [3.05, 3.63) is 29.6 Å². The Labute approximate surface area is 146 Å². The number of halogens is 1. The molecule has 6 nitrogen and oxygen atoms in total. The number of hydrogen-bond acceptors (Lipinski definition) is 3. The summed E-state index contributed by atoms with van der Waals surface area (Å²) in [6.45, 7) is 5.05. The molecule has 1 atom stereocenters. The van der Waals surface area contributed by atoms with E-state index < -0.39 is 0 Å². The van der Waals surface area contributed by atoms with Gasteiger partial charge in [-0.15, -0.1) is 0 Å². The van der Waals surface area contributed by atoms with E-state index in [-0.39, 0.29) is 23.7 Å². The molecular weight excluding hydrogens is 325 g/mol. The van der Waals surface area contributed by atoms with Crippen LogP contribution < -0.4 is 5.32 Å². The molecule has 1 N–H and O–H groups in total. The SMILES string of the molecule is Cc1ccc(NC(=O)N2CCCC(C(=O)N3CCOCC3)C2)cc1F. The zero-order chi connectivity index (χ0) is 17.8. The van der Waals surface area contributed by atoms with Crippen molar-refractivity contribution in [2.45, 2.75) is 19.8 Å². The minimum atomic E-state index is -0.350. The third-order valence-corrected chi connectivity index (χ3v) is 4.80. The Morgan fingerprint density at radius 2 is 1.96 bits per heavy atom. The summed E-state index contributed by atoms with van der Waals surface area (Å²) in [6.07, 6.45) is 1.58. The van der Waals surface area contributed by atoms with Crippen molar-refractivity contribution in [3.63, 3.8) is 0 Å². The summed E-state index contributed by atoms with van der Waals surface area (Å²) in [6, 6.07) is 4.33. The van der Waals surface area contributed by atoms with Crippen LogP contribution in [-0.4, -0.2) is 61.1 Å². The fourth-order valence-corrected chi connectivity index (χ4v) is 3.28. The molecule has 2 fully saturated rings. The Morgan fingerprint density at radius 1 is 1.20 bits per heavy atom. The number of amides is 3. The summed E-state index contributed by atoms with van der Waals surface area (Å²) in [4.78, 5) is 28.5. The maximum Gasteiger partial charge on any atom is 0.321 e. The van der Waals surface area contributed by atoms with Crippen LogP contribution in [0.3, 0.4) is 0 Å². The first-order chi connectivity index (χ1) is 12.0. The number of rotatable bonds is 2. The molecule has 0 spiro atoms. The van der Waals surface area contributed by atoms with E-state index in [1.807, 2.05) is 4.90 Å². The fraction of sp³-hybridized carbons (Fsp3) is 0.556. The highest BCUT2D eigenvalue weighted by Gasteiger charge is 2.31. The Balaban J connectivity index is 1.59. The van der Waals surface area contributed by atoms with Gasteiger partial charge in [-0.3, -0.25) is 4.79 Å². The number of carbonyl (C=O) groups excluding carboxylic acids is 2. The number of aryl methyl sites for hydroxylation is 1. The normalized spacial score (nSPS) is 21.1. The number of benzene rings is 1. The molecule has 136 valence electrons. The number of ether oxygens (including phenoxy) is 1. The highest BCUT2D eigenvalue weighted by Crippen LogP contribution is 2.21. The largest absolute Gasteiger partial charge is 0.378 e.